The van der Waals surface area contributed by atoms with Crippen molar-refractivity contribution in [2.45, 2.75) is 38.9 Å². The van der Waals surface area contributed by atoms with Crippen LogP contribution in [0.2, 0.25) is 18.1 Å². The number of furan rings is 1. The highest BCUT2D eigenvalue weighted by Crippen LogP contribution is 2.33. The van der Waals surface area contributed by atoms with Gasteiger partial charge in [-0.2, -0.15) is 0 Å². The second-order valence-corrected chi connectivity index (χ2v) is 8.98. The molecular weight excluding hydrogens is 204 g/mol. The molecule has 0 amide bonds. The van der Waals surface area contributed by atoms with E-state index in [-0.39, 0.29) is 0 Å². The molecule has 1 heterocycles. The fourth-order valence-electron chi connectivity index (χ4n) is 2.12. The first-order valence-corrected chi connectivity index (χ1v) is 8.15. The maximum Gasteiger partial charge on any atom is 0.136 e. The second-order valence-electron chi connectivity index (χ2n) is 3.80. The first-order valence-electron chi connectivity index (χ1n) is 5.53. The van der Waals surface area contributed by atoms with Crippen LogP contribution in [-0.4, -0.2) is 14.0 Å². The van der Waals surface area contributed by atoms with Crippen LogP contribution >= 0.6 is 0 Å². The van der Waals surface area contributed by atoms with E-state index in [1.165, 1.54) is 0 Å². The highest BCUT2D eigenvalue weighted by Gasteiger charge is 2.35. The lowest BCUT2D eigenvalue weighted by Gasteiger charge is -2.27. The number of rotatable bonds is 5. The van der Waals surface area contributed by atoms with Gasteiger partial charge in [0.25, 0.3) is 0 Å². The molecule has 0 atom stereocenters. The summed E-state index contributed by atoms with van der Waals surface area (Å²) in [5, 5.41) is 0.819. The summed E-state index contributed by atoms with van der Waals surface area (Å²) >= 11 is 0. The maximum atomic E-state index is 11.1. The fourth-order valence-corrected chi connectivity index (χ4v) is 5.56. The van der Waals surface area contributed by atoms with Crippen LogP contribution < -0.4 is 0 Å². The van der Waals surface area contributed by atoms with E-state index >= 15 is 0 Å². The fraction of sp³-hybridized carbons (Fsp3) is 0.500. The Hall–Kier alpha value is -1.05. The molecule has 0 aliphatic heterocycles. The van der Waals surface area contributed by atoms with Crippen molar-refractivity contribution in [3.8, 4) is 0 Å². The van der Waals surface area contributed by atoms with Gasteiger partial charge in [0.1, 0.15) is 19.8 Å². The highest BCUT2D eigenvalue weighted by molar-refractivity contribution is 6.98. The Morgan fingerprint density at radius 3 is 2.27 bits per heavy atom. The topological polar surface area (TPSA) is 30.2 Å². The predicted molar refractivity (Wildman–Crippen MR) is 65.0 cm³/mol. The molecule has 0 aliphatic carbocycles. The lowest BCUT2D eigenvalue weighted by atomic mass is 10.4. The smallest absolute Gasteiger partial charge is 0.136 e. The third-order valence-corrected chi connectivity index (χ3v) is 8.90. The van der Waals surface area contributed by atoms with Gasteiger partial charge in [0, 0.05) is 0 Å². The molecule has 0 bridgehead atoms. The van der Waals surface area contributed by atoms with Gasteiger partial charge in [0.05, 0.1) is 11.5 Å². The monoisotopic (exact) mass is 222 g/mol. The molecule has 3 heteroatoms. The Balaban J connectivity index is 3.17. The van der Waals surface area contributed by atoms with Crippen molar-refractivity contribution in [3.63, 3.8) is 0 Å². The van der Waals surface area contributed by atoms with Crippen LogP contribution in [0.25, 0.3) is 5.20 Å². The van der Waals surface area contributed by atoms with E-state index in [2.05, 4.69) is 26.7 Å². The number of carbonyl (C=O) groups excluding carboxylic acids is 1. The Bertz CT molecular complexity index is 335. The maximum absolute atomic E-state index is 11.1. The summed E-state index contributed by atoms with van der Waals surface area (Å²) in [6, 6.07) is 6.91. The van der Waals surface area contributed by atoms with Crippen LogP contribution in [0.1, 0.15) is 26.5 Å². The van der Waals surface area contributed by atoms with Gasteiger partial charge >= 0.3 is 0 Å². The van der Waals surface area contributed by atoms with Crippen molar-refractivity contribution >= 4 is 19.2 Å². The zero-order chi connectivity index (χ0) is 11.3. The summed E-state index contributed by atoms with van der Waals surface area (Å²) in [7, 11) is -1.65. The van der Waals surface area contributed by atoms with Crippen LogP contribution in [0.4, 0.5) is 0 Å². The van der Waals surface area contributed by atoms with Crippen molar-refractivity contribution in [1.82, 2.24) is 0 Å². The summed E-state index contributed by atoms with van der Waals surface area (Å²) in [6.45, 7) is 6.50. The van der Waals surface area contributed by atoms with E-state index < -0.39 is 8.07 Å². The Labute approximate surface area is 92.0 Å². The molecule has 0 radical (unpaired) electrons. The van der Waals surface area contributed by atoms with Gasteiger partial charge in [-0.3, -0.25) is 0 Å². The van der Waals surface area contributed by atoms with E-state index in [4.69, 9.17) is 4.42 Å². The molecule has 0 unspecified atom stereocenters. The average Bonchev–Trinajstić information content (AvgIpc) is 2.79. The van der Waals surface area contributed by atoms with Gasteiger partial charge in [-0.05, 0) is 12.1 Å². The average molecular weight is 222 g/mol. The first-order chi connectivity index (χ1) is 7.24. The molecule has 1 aromatic heterocycles. The van der Waals surface area contributed by atoms with Gasteiger partial charge in [0.2, 0.25) is 0 Å². The second kappa shape index (κ2) is 5.15. The molecule has 0 aromatic carbocycles. The van der Waals surface area contributed by atoms with E-state index in [1.807, 2.05) is 12.1 Å². The molecule has 0 saturated heterocycles. The molecule has 15 heavy (non-hydrogen) atoms. The predicted octanol–water partition coefficient (Wildman–Crippen LogP) is 3.54. The van der Waals surface area contributed by atoms with E-state index in [1.54, 1.807) is 6.26 Å². The summed E-state index contributed by atoms with van der Waals surface area (Å²) in [4.78, 5) is 11.1. The van der Waals surface area contributed by atoms with Gasteiger partial charge in [-0.15, -0.1) is 0 Å². The molecule has 82 valence electrons. The van der Waals surface area contributed by atoms with Crippen molar-refractivity contribution in [1.29, 1.82) is 0 Å². The third-order valence-electron chi connectivity index (χ3n) is 3.43. The SMILES string of the molecule is CC[Si](CC)(CC)C(=C=O)c1ccco1. The molecule has 0 saturated carbocycles. The van der Waals surface area contributed by atoms with Crippen molar-refractivity contribution < 1.29 is 9.21 Å². The molecule has 0 spiro atoms. The highest BCUT2D eigenvalue weighted by atomic mass is 28.3. The summed E-state index contributed by atoms with van der Waals surface area (Å²) < 4.78 is 5.33. The lowest BCUT2D eigenvalue weighted by molar-refractivity contribution is 0.551. The largest absolute Gasteiger partial charge is 0.464 e. The summed E-state index contributed by atoms with van der Waals surface area (Å²) in [5.41, 5.74) is 0. The van der Waals surface area contributed by atoms with Crippen LogP contribution in [0.3, 0.4) is 0 Å². The first kappa shape index (κ1) is 12.0. The molecule has 1 aromatic rings. The number of hydrogen-bond donors (Lipinski definition) is 0. The molecule has 1 rings (SSSR count). The standard InChI is InChI=1S/C12H18O2Si/c1-4-15(5-2,6-3)12(10-13)11-8-7-9-14-11/h7-9H,4-6H2,1-3H3. The molecule has 0 fully saturated rings. The quantitative estimate of drug-likeness (QED) is 0.563. The Morgan fingerprint density at radius 2 is 1.93 bits per heavy atom. The lowest BCUT2D eigenvalue weighted by Crippen LogP contribution is -2.33. The normalized spacial score (nSPS) is 11.1. The van der Waals surface area contributed by atoms with Crippen LogP contribution in [-0.2, 0) is 4.79 Å². The molecule has 0 N–H and O–H groups in total. The van der Waals surface area contributed by atoms with Gasteiger partial charge in [0.15, 0.2) is 0 Å². The van der Waals surface area contributed by atoms with Crippen molar-refractivity contribution in [3.05, 3.63) is 24.2 Å². The van der Waals surface area contributed by atoms with E-state index in [0.717, 1.165) is 29.1 Å². The summed E-state index contributed by atoms with van der Waals surface area (Å²) in [5.74, 6) is 2.86. The Morgan fingerprint density at radius 1 is 1.33 bits per heavy atom. The zero-order valence-electron chi connectivity index (χ0n) is 9.67. The van der Waals surface area contributed by atoms with E-state index in [0.29, 0.717) is 0 Å². The van der Waals surface area contributed by atoms with Crippen LogP contribution in [0.5, 0.6) is 0 Å². The van der Waals surface area contributed by atoms with Crippen molar-refractivity contribution in [2.24, 2.45) is 0 Å². The van der Waals surface area contributed by atoms with Crippen LogP contribution in [0.15, 0.2) is 22.8 Å². The van der Waals surface area contributed by atoms with Gasteiger partial charge in [-0.1, -0.05) is 38.9 Å². The number of hydrogen-bond acceptors (Lipinski definition) is 2. The minimum absolute atomic E-state index is 0.724. The summed E-state index contributed by atoms with van der Waals surface area (Å²) in [6.07, 6.45) is 1.62. The zero-order valence-corrected chi connectivity index (χ0v) is 10.7. The third kappa shape index (κ3) is 2.14. The molecule has 2 nitrogen and oxygen atoms in total. The minimum atomic E-state index is -1.65. The van der Waals surface area contributed by atoms with Crippen molar-refractivity contribution in [2.75, 3.05) is 0 Å². The van der Waals surface area contributed by atoms with Gasteiger partial charge < -0.3 is 4.42 Å². The molecular formula is C12H18O2Si. The van der Waals surface area contributed by atoms with Gasteiger partial charge in [-0.25, -0.2) is 4.79 Å². The Kier molecular flexibility index (Phi) is 4.12. The van der Waals surface area contributed by atoms with Crippen LogP contribution in [0, 0.1) is 0 Å². The minimum Gasteiger partial charge on any atom is -0.464 e. The van der Waals surface area contributed by atoms with E-state index in [9.17, 15) is 4.79 Å². The molecule has 0 aliphatic rings.